The van der Waals surface area contributed by atoms with Gasteiger partial charge in [-0.3, -0.25) is 4.79 Å². The Hall–Kier alpha value is -2.56. The van der Waals surface area contributed by atoms with Gasteiger partial charge in [0.2, 0.25) is 0 Å². The van der Waals surface area contributed by atoms with E-state index in [1.807, 2.05) is 37.3 Å². The zero-order chi connectivity index (χ0) is 17.5. The quantitative estimate of drug-likeness (QED) is 0.766. The number of rotatable bonds is 7. The van der Waals surface area contributed by atoms with Crippen LogP contribution in [0.5, 0.6) is 5.75 Å². The molecule has 0 saturated carbocycles. The second kappa shape index (κ2) is 8.34. The third kappa shape index (κ3) is 4.47. The Bertz CT molecular complexity index is 741. The summed E-state index contributed by atoms with van der Waals surface area (Å²) >= 11 is 0. The fourth-order valence-corrected chi connectivity index (χ4v) is 2.56. The van der Waals surface area contributed by atoms with Crippen molar-refractivity contribution in [2.45, 2.75) is 26.7 Å². The highest BCUT2D eigenvalue weighted by Crippen LogP contribution is 2.26. The largest absolute Gasteiger partial charge is 0.497 e. The van der Waals surface area contributed by atoms with E-state index in [9.17, 15) is 9.59 Å². The van der Waals surface area contributed by atoms with Gasteiger partial charge in [0.15, 0.2) is 5.78 Å². The molecular weight excluding hydrogens is 304 g/mol. The van der Waals surface area contributed by atoms with Gasteiger partial charge in [0.1, 0.15) is 5.75 Å². The Morgan fingerprint density at radius 3 is 2.50 bits per heavy atom. The number of methoxy groups -OCH3 is 1. The van der Waals surface area contributed by atoms with E-state index in [-0.39, 0.29) is 11.8 Å². The molecule has 0 aliphatic heterocycles. The molecule has 0 aromatic heterocycles. The molecule has 128 valence electrons. The lowest BCUT2D eigenvalue weighted by Crippen LogP contribution is -2.36. The minimum absolute atomic E-state index is 0.0302. The van der Waals surface area contributed by atoms with Crippen molar-refractivity contribution in [3.05, 3.63) is 41.5 Å². The van der Waals surface area contributed by atoms with Gasteiger partial charge >= 0.3 is 6.03 Å². The first-order valence-electron chi connectivity index (χ1n) is 8.18. The smallest absolute Gasteiger partial charge is 0.314 e. The van der Waals surface area contributed by atoms with Crippen LogP contribution in [0.15, 0.2) is 30.3 Å². The van der Waals surface area contributed by atoms with Gasteiger partial charge < -0.3 is 15.4 Å². The summed E-state index contributed by atoms with van der Waals surface area (Å²) in [6.07, 6.45) is 1.54. The van der Waals surface area contributed by atoms with Crippen molar-refractivity contribution >= 4 is 22.6 Å². The van der Waals surface area contributed by atoms with E-state index < -0.39 is 0 Å². The molecule has 0 heterocycles. The average molecular weight is 328 g/mol. The number of nitrogens with one attached hydrogen (secondary N) is 2. The van der Waals surface area contributed by atoms with E-state index in [0.29, 0.717) is 25.1 Å². The Morgan fingerprint density at radius 2 is 1.83 bits per heavy atom. The zero-order valence-electron chi connectivity index (χ0n) is 14.4. The predicted molar refractivity (Wildman–Crippen MR) is 95.9 cm³/mol. The number of carbonyl (C=O) groups excluding carboxylic acids is 2. The van der Waals surface area contributed by atoms with Crippen LogP contribution in [0.3, 0.4) is 0 Å². The van der Waals surface area contributed by atoms with Gasteiger partial charge in [-0.2, -0.15) is 0 Å². The molecule has 24 heavy (non-hydrogen) atoms. The summed E-state index contributed by atoms with van der Waals surface area (Å²) in [5.41, 5.74) is 1.70. The molecule has 2 aromatic rings. The number of hydrogen-bond acceptors (Lipinski definition) is 3. The molecule has 0 radical (unpaired) electrons. The van der Waals surface area contributed by atoms with E-state index in [1.165, 1.54) is 0 Å². The maximum absolute atomic E-state index is 11.8. The molecule has 5 heteroatoms. The molecule has 0 unspecified atom stereocenters. The molecule has 0 fully saturated rings. The fourth-order valence-electron chi connectivity index (χ4n) is 2.56. The maximum Gasteiger partial charge on any atom is 0.314 e. The molecule has 0 aliphatic carbocycles. The molecule has 0 aliphatic rings. The lowest BCUT2D eigenvalue weighted by Gasteiger charge is -2.12. The number of ketones is 1. The third-order valence-corrected chi connectivity index (χ3v) is 3.87. The molecule has 0 atom stereocenters. The number of benzene rings is 2. The summed E-state index contributed by atoms with van der Waals surface area (Å²) in [7, 11) is 1.63. The highest BCUT2D eigenvalue weighted by atomic mass is 16.5. The number of carbonyl (C=O) groups is 2. The lowest BCUT2D eigenvalue weighted by molar-refractivity contribution is 0.101. The minimum Gasteiger partial charge on any atom is -0.497 e. The topological polar surface area (TPSA) is 67.4 Å². The van der Waals surface area contributed by atoms with Crippen molar-refractivity contribution in [3.63, 3.8) is 0 Å². The summed E-state index contributed by atoms with van der Waals surface area (Å²) in [5.74, 6) is 0.801. The number of Topliss-reactive ketones (excluding diaryl/α,β-unsaturated/α-hetero) is 1. The Kier molecular flexibility index (Phi) is 6.18. The summed E-state index contributed by atoms with van der Waals surface area (Å²) in [6, 6.07) is 9.42. The van der Waals surface area contributed by atoms with Gasteiger partial charge in [-0.15, -0.1) is 0 Å². The monoisotopic (exact) mass is 328 g/mol. The Morgan fingerprint density at radius 1 is 1.08 bits per heavy atom. The molecule has 2 amide bonds. The van der Waals surface area contributed by atoms with Crippen molar-refractivity contribution in [2.75, 3.05) is 20.2 Å². The molecule has 0 saturated heterocycles. The third-order valence-electron chi connectivity index (χ3n) is 3.87. The van der Waals surface area contributed by atoms with Gasteiger partial charge in [-0.25, -0.2) is 4.79 Å². The second-order valence-corrected chi connectivity index (χ2v) is 5.71. The first-order valence-corrected chi connectivity index (χ1v) is 8.18. The van der Waals surface area contributed by atoms with E-state index in [2.05, 4.69) is 10.6 Å². The highest BCUT2D eigenvalue weighted by Gasteiger charge is 2.09. The normalized spacial score (nSPS) is 10.5. The molecule has 2 rings (SSSR count). The molecule has 2 N–H and O–H groups in total. The summed E-state index contributed by atoms with van der Waals surface area (Å²) in [6.45, 7) is 4.73. The van der Waals surface area contributed by atoms with Gasteiger partial charge in [-0.1, -0.05) is 13.0 Å². The van der Waals surface area contributed by atoms with Gasteiger partial charge in [-0.05, 0) is 60.4 Å². The number of amides is 2. The van der Waals surface area contributed by atoms with Crippen LogP contribution in [0, 0.1) is 0 Å². The van der Waals surface area contributed by atoms with E-state index in [1.54, 1.807) is 14.0 Å². The zero-order valence-corrected chi connectivity index (χ0v) is 14.4. The van der Waals surface area contributed by atoms with Crippen molar-refractivity contribution in [2.24, 2.45) is 0 Å². The number of fused-ring (bicyclic) bond motifs is 1. The standard InChI is InChI=1S/C19H24N2O3/c1-4-8-20-19(23)21-9-7-15-11-16(13(2)22)10-14-5-6-17(24-3)12-18(14)15/h5-6,10-12H,4,7-9H2,1-3H3,(H2,20,21,23). The molecule has 0 spiro atoms. The van der Waals surface area contributed by atoms with Crippen molar-refractivity contribution < 1.29 is 14.3 Å². The lowest BCUT2D eigenvalue weighted by atomic mass is 9.97. The number of urea groups is 1. The van der Waals surface area contributed by atoms with Crippen LogP contribution in [0.2, 0.25) is 0 Å². The number of hydrogen-bond donors (Lipinski definition) is 2. The summed E-state index contributed by atoms with van der Waals surface area (Å²) in [5, 5.41) is 7.65. The summed E-state index contributed by atoms with van der Waals surface area (Å²) in [4.78, 5) is 23.4. The Balaban J connectivity index is 2.22. The van der Waals surface area contributed by atoms with Gasteiger partial charge in [0.25, 0.3) is 0 Å². The summed E-state index contributed by atoms with van der Waals surface area (Å²) < 4.78 is 5.30. The van der Waals surface area contributed by atoms with Crippen LogP contribution in [0.4, 0.5) is 4.79 Å². The molecular formula is C19H24N2O3. The molecule has 2 aromatic carbocycles. The van der Waals surface area contributed by atoms with Crippen LogP contribution in [-0.2, 0) is 6.42 Å². The first kappa shape index (κ1) is 17.8. The van der Waals surface area contributed by atoms with Crippen molar-refractivity contribution in [1.82, 2.24) is 10.6 Å². The maximum atomic E-state index is 11.8. The van der Waals surface area contributed by atoms with Gasteiger partial charge in [0, 0.05) is 18.7 Å². The van der Waals surface area contributed by atoms with Crippen LogP contribution in [-0.4, -0.2) is 32.0 Å². The van der Waals surface area contributed by atoms with Crippen LogP contribution >= 0.6 is 0 Å². The predicted octanol–water partition coefficient (Wildman–Crippen LogP) is 3.30. The van der Waals surface area contributed by atoms with Crippen LogP contribution in [0.25, 0.3) is 10.8 Å². The SMILES string of the molecule is CCCNC(=O)NCCc1cc(C(C)=O)cc2ccc(OC)cc12. The second-order valence-electron chi connectivity index (χ2n) is 5.71. The molecule has 0 bridgehead atoms. The van der Waals surface area contributed by atoms with E-state index in [0.717, 1.165) is 28.5 Å². The fraction of sp³-hybridized carbons (Fsp3) is 0.368. The molecule has 5 nitrogen and oxygen atoms in total. The van der Waals surface area contributed by atoms with Crippen LogP contribution in [0.1, 0.15) is 36.2 Å². The average Bonchev–Trinajstić information content (AvgIpc) is 2.59. The van der Waals surface area contributed by atoms with E-state index >= 15 is 0 Å². The van der Waals surface area contributed by atoms with Crippen molar-refractivity contribution in [3.8, 4) is 5.75 Å². The van der Waals surface area contributed by atoms with Crippen LogP contribution < -0.4 is 15.4 Å². The van der Waals surface area contributed by atoms with Gasteiger partial charge in [0.05, 0.1) is 7.11 Å². The minimum atomic E-state index is -0.165. The van der Waals surface area contributed by atoms with Crippen molar-refractivity contribution in [1.29, 1.82) is 0 Å². The van der Waals surface area contributed by atoms with E-state index in [4.69, 9.17) is 4.74 Å². The first-order chi connectivity index (χ1) is 11.5. The Labute approximate surface area is 142 Å². The number of ether oxygens (including phenoxy) is 1. The highest BCUT2D eigenvalue weighted by molar-refractivity contribution is 6.00.